The van der Waals surface area contributed by atoms with Gasteiger partial charge in [-0.15, -0.1) is 0 Å². The van der Waals surface area contributed by atoms with Gasteiger partial charge in [-0.2, -0.15) is 11.8 Å². The number of guanidine groups is 1. The van der Waals surface area contributed by atoms with Crippen LogP contribution in [0.2, 0.25) is 0 Å². The van der Waals surface area contributed by atoms with Crippen LogP contribution in [0.4, 0.5) is 0 Å². The molecule has 0 bridgehead atoms. The summed E-state index contributed by atoms with van der Waals surface area (Å²) in [7, 11) is 0. The maximum absolute atomic E-state index is 5.73. The first-order valence-corrected chi connectivity index (χ1v) is 11.6. The molecule has 0 spiro atoms. The van der Waals surface area contributed by atoms with Gasteiger partial charge in [0, 0.05) is 43.0 Å². The molecule has 0 aromatic heterocycles. The summed E-state index contributed by atoms with van der Waals surface area (Å²) in [5.74, 6) is 4.20. The summed E-state index contributed by atoms with van der Waals surface area (Å²) < 4.78 is 11.3. The summed E-state index contributed by atoms with van der Waals surface area (Å²) in [4.78, 5) is 7.45. The molecule has 2 N–H and O–H groups in total. The Labute approximate surface area is 173 Å². The molecule has 2 aliphatic heterocycles. The highest BCUT2D eigenvalue weighted by atomic mass is 32.2. The molecule has 28 heavy (non-hydrogen) atoms. The number of rotatable bonds is 8. The van der Waals surface area contributed by atoms with Gasteiger partial charge < -0.3 is 20.1 Å². The topological polar surface area (TPSA) is 58.1 Å². The molecule has 0 saturated carbocycles. The summed E-state index contributed by atoms with van der Waals surface area (Å²) in [5, 5.41) is 7.02. The Bertz CT molecular complexity index is 629. The highest BCUT2D eigenvalue weighted by Crippen LogP contribution is 2.33. The number of benzene rings is 1. The molecule has 7 heteroatoms. The Morgan fingerprint density at radius 3 is 2.79 bits per heavy atom. The van der Waals surface area contributed by atoms with E-state index < -0.39 is 0 Å². The van der Waals surface area contributed by atoms with Gasteiger partial charge in [-0.1, -0.05) is 18.2 Å². The molecule has 2 fully saturated rings. The van der Waals surface area contributed by atoms with Crippen molar-refractivity contribution in [1.82, 2.24) is 15.5 Å². The average Bonchev–Trinajstić information content (AvgIpc) is 3.22. The summed E-state index contributed by atoms with van der Waals surface area (Å²) in [6.45, 7) is 10.9. The Morgan fingerprint density at radius 2 is 2.07 bits per heavy atom. The van der Waals surface area contributed by atoms with E-state index in [0.29, 0.717) is 13.2 Å². The van der Waals surface area contributed by atoms with Crippen molar-refractivity contribution in [1.29, 1.82) is 0 Å². The standard InChI is InChI=1S/C21H34N4O2S/c1-3-22-20(23-15-18-7-5-6-8-19(18)27-4-2)24-16-21(9-14-28-17-21)25-10-12-26-13-11-25/h5-8H,3-4,9-17H2,1-2H3,(H2,22,23,24). The lowest BCUT2D eigenvalue weighted by Gasteiger charge is -2.43. The van der Waals surface area contributed by atoms with Crippen LogP contribution in [0.15, 0.2) is 29.3 Å². The largest absolute Gasteiger partial charge is 0.494 e. The molecular formula is C21H34N4O2S. The van der Waals surface area contributed by atoms with Gasteiger partial charge in [0.15, 0.2) is 5.96 Å². The number of hydrogen-bond donors (Lipinski definition) is 2. The molecule has 0 radical (unpaired) electrons. The molecule has 1 atom stereocenters. The molecule has 6 nitrogen and oxygen atoms in total. The van der Waals surface area contributed by atoms with E-state index in [1.54, 1.807) is 0 Å². The molecule has 2 heterocycles. The van der Waals surface area contributed by atoms with Gasteiger partial charge in [-0.05, 0) is 32.1 Å². The van der Waals surface area contributed by atoms with Gasteiger partial charge in [-0.3, -0.25) is 4.90 Å². The van der Waals surface area contributed by atoms with Gasteiger partial charge in [-0.25, -0.2) is 4.99 Å². The van der Waals surface area contributed by atoms with Crippen LogP contribution < -0.4 is 15.4 Å². The third-order valence-electron chi connectivity index (χ3n) is 5.37. The maximum Gasteiger partial charge on any atom is 0.191 e. The van der Waals surface area contributed by atoms with E-state index in [-0.39, 0.29) is 5.54 Å². The van der Waals surface area contributed by atoms with Gasteiger partial charge in [0.05, 0.1) is 26.4 Å². The van der Waals surface area contributed by atoms with Crippen molar-refractivity contribution >= 4 is 17.7 Å². The number of thioether (sulfide) groups is 1. The number of nitrogens with one attached hydrogen (secondary N) is 2. The van der Waals surface area contributed by atoms with Crippen molar-refractivity contribution in [3.63, 3.8) is 0 Å². The fourth-order valence-electron chi connectivity index (χ4n) is 3.82. The lowest BCUT2D eigenvalue weighted by Crippen LogP contribution is -2.60. The predicted molar refractivity (Wildman–Crippen MR) is 117 cm³/mol. The van der Waals surface area contributed by atoms with Crippen molar-refractivity contribution in [3.05, 3.63) is 29.8 Å². The number of morpholine rings is 1. The third kappa shape index (κ3) is 5.55. The minimum atomic E-state index is 0.202. The fourth-order valence-corrected chi connectivity index (χ4v) is 5.30. The fraction of sp³-hybridized carbons (Fsp3) is 0.667. The number of hydrogen-bond acceptors (Lipinski definition) is 5. The smallest absolute Gasteiger partial charge is 0.191 e. The first kappa shape index (κ1) is 21.3. The van der Waals surface area contributed by atoms with Gasteiger partial charge in [0.25, 0.3) is 0 Å². The van der Waals surface area contributed by atoms with Crippen LogP contribution in [0.1, 0.15) is 25.8 Å². The van der Waals surface area contributed by atoms with Crippen molar-refractivity contribution < 1.29 is 9.47 Å². The summed E-state index contributed by atoms with van der Waals surface area (Å²) in [5.41, 5.74) is 1.31. The van der Waals surface area contributed by atoms with Crippen molar-refractivity contribution in [2.24, 2.45) is 4.99 Å². The second-order valence-corrected chi connectivity index (χ2v) is 8.32. The minimum absolute atomic E-state index is 0.202. The van der Waals surface area contributed by atoms with Crippen molar-refractivity contribution in [2.45, 2.75) is 32.4 Å². The molecule has 2 aliphatic rings. The number of nitrogens with zero attached hydrogens (tertiary/aromatic N) is 2. The molecule has 0 aliphatic carbocycles. The third-order valence-corrected chi connectivity index (χ3v) is 6.61. The molecule has 156 valence electrons. The lowest BCUT2D eigenvalue weighted by atomic mass is 9.95. The Kier molecular flexibility index (Phi) is 8.30. The van der Waals surface area contributed by atoms with Crippen LogP contribution in [0.3, 0.4) is 0 Å². The Hall–Kier alpha value is -1.44. The van der Waals surface area contributed by atoms with Crippen LogP contribution in [0, 0.1) is 0 Å². The molecule has 1 aromatic rings. The molecule has 1 aromatic carbocycles. The van der Waals surface area contributed by atoms with E-state index in [2.05, 4.69) is 40.3 Å². The van der Waals surface area contributed by atoms with E-state index in [1.807, 2.05) is 25.1 Å². The SMILES string of the molecule is CCNC(=NCc1ccccc1OCC)NCC1(N2CCOCC2)CCSC1. The Balaban J connectivity index is 1.65. The monoisotopic (exact) mass is 406 g/mol. The van der Waals surface area contributed by atoms with Gasteiger partial charge >= 0.3 is 0 Å². The van der Waals surface area contributed by atoms with E-state index in [1.165, 1.54) is 17.9 Å². The molecule has 2 saturated heterocycles. The van der Waals surface area contributed by atoms with Crippen LogP contribution in [-0.4, -0.2) is 73.9 Å². The second-order valence-electron chi connectivity index (χ2n) is 7.22. The molecular weight excluding hydrogens is 372 g/mol. The molecule has 1 unspecified atom stereocenters. The van der Waals surface area contributed by atoms with Gasteiger partial charge in [0.1, 0.15) is 5.75 Å². The zero-order valence-electron chi connectivity index (χ0n) is 17.2. The molecule has 3 rings (SSSR count). The first-order chi connectivity index (χ1) is 13.8. The quantitative estimate of drug-likeness (QED) is 0.511. The zero-order valence-corrected chi connectivity index (χ0v) is 18.0. The van der Waals surface area contributed by atoms with E-state index in [9.17, 15) is 0 Å². The van der Waals surface area contributed by atoms with Crippen LogP contribution in [-0.2, 0) is 11.3 Å². The average molecular weight is 407 g/mol. The summed E-state index contributed by atoms with van der Waals surface area (Å²) >= 11 is 2.06. The van der Waals surface area contributed by atoms with Crippen LogP contribution in [0.25, 0.3) is 0 Å². The number of para-hydroxylation sites is 1. The predicted octanol–water partition coefficient (Wildman–Crippen LogP) is 2.35. The first-order valence-electron chi connectivity index (χ1n) is 10.4. The highest BCUT2D eigenvalue weighted by molar-refractivity contribution is 7.99. The highest BCUT2D eigenvalue weighted by Gasteiger charge is 2.40. The van der Waals surface area contributed by atoms with Crippen molar-refractivity contribution in [3.8, 4) is 5.75 Å². The maximum atomic E-state index is 5.73. The van der Waals surface area contributed by atoms with E-state index in [0.717, 1.165) is 56.7 Å². The normalized spacial score (nSPS) is 23.6. The Morgan fingerprint density at radius 1 is 1.25 bits per heavy atom. The van der Waals surface area contributed by atoms with Crippen LogP contribution in [0.5, 0.6) is 5.75 Å². The summed E-state index contributed by atoms with van der Waals surface area (Å²) in [6, 6.07) is 8.14. The summed E-state index contributed by atoms with van der Waals surface area (Å²) in [6.07, 6.45) is 1.22. The van der Waals surface area contributed by atoms with Gasteiger partial charge in [0.2, 0.25) is 0 Å². The van der Waals surface area contributed by atoms with E-state index in [4.69, 9.17) is 14.5 Å². The van der Waals surface area contributed by atoms with Crippen LogP contribution >= 0.6 is 11.8 Å². The zero-order chi connectivity index (χ0) is 19.7. The number of aliphatic imine (C=N–C) groups is 1. The van der Waals surface area contributed by atoms with Crippen molar-refractivity contribution in [2.75, 3.05) is 57.5 Å². The second kappa shape index (κ2) is 10.9. The number of ether oxygens (including phenoxy) is 2. The lowest BCUT2D eigenvalue weighted by molar-refractivity contribution is -0.0120. The van der Waals surface area contributed by atoms with E-state index >= 15 is 0 Å². The molecule has 0 amide bonds. The minimum Gasteiger partial charge on any atom is -0.494 e.